The largest absolute Gasteiger partial charge is 0.381 e. The van der Waals surface area contributed by atoms with Crippen molar-refractivity contribution < 1.29 is 4.74 Å². The van der Waals surface area contributed by atoms with Gasteiger partial charge in [0.1, 0.15) is 11.6 Å². The molecule has 3 aromatic rings. The molecule has 6 rings (SSSR count). The van der Waals surface area contributed by atoms with Gasteiger partial charge in [0.05, 0.1) is 0 Å². The molecule has 0 aliphatic carbocycles. The summed E-state index contributed by atoms with van der Waals surface area (Å²) in [5, 5.41) is 8.13. The van der Waals surface area contributed by atoms with E-state index in [1.807, 2.05) is 12.1 Å². The number of piperidine rings is 1. The van der Waals surface area contributed by atoms with Crippen molar-refractivity contribution in [2.75, 3.05) is 72.5 Å². The maximum Gasteiger partial charge on any atom is 0.232 e. The molecule has 10 heteroatoms. The van der Waals surface area contributed by atoms with E-state index in [4.69, 9.17) is 38.5 Å². The SMILES string of the molecule is CC1CCCCN1c1cc(N2CCN(c3ccccc3)CC2)nc(NC(=S)NCC2(c3ccc(Cl)cc3)CCOCC2)n1. The summed E-state index contributed by atoms with van der Waals surface area (Å²) in [4.78, 5) is 17.2. The van der Waals surface area contributed by atoms with E-state index in [-0.39, 0.29) is 5.41 Å². The predicted molar refractivity (Wildman–Crippen MR) is 181 cm³/mol. The van der Waals surface area contributed by atoms with E-state index in [1.165, 1.54) is 30.5 Å². The lowest BCUT2D eigenvalue weighted by Gasteiger charge is -2.38. The highest BCUT2D eigenvalue weighted by Gasteiger charge is 2.34. The number of nitrogens with zero attached hydrogens (tertiary/aromatic N) is 5. The Bertz CT molecular complexity index is 1360. The first-order chi connectivity index (χ1) is 21.0. The van der Waals surface area contributed by atoms with Gasteiger partial charge in [-0.05, 0) is 81.1 Å². The Morgan fingerprint density at radius 2 is 1.63 bits per heavy atom. The van der Waals surface area contributed by atoms with Crippen molar-refractivity contribution in [1.29, 1.82) is 0 Å². The van der Waals surface area contributed by atoms with Crippen molar-refractivity contribution in [1.82, 2.24) is 15.3 Å². The summed E-state index contributed by atoms with van der Waals surface area (Å²) >= 11 is 12.0. The third-order valence-electron chi connectivity index (χ3n) is 9.24. The molecule has 1 unspecified atom stereocenters. The maximum absolute atomic E-state index is 6.20. The fraction of sp³-hybridized carbons (Fsp3) is 0.485. The van der Waals surface area contributed by atoms with Gasteiger partial charge in [-0.2, -0.15) is 9.97 Å². The summed E-state index contributed by atoms with van der Waals surface area (Å²) in [5.74, 6) is 2.46. The number of ether oxygens (including phenoxy) is 1. The lowest BCUT2D eigenvalue weighted by molar-refractivity contribution is 0.0515. The van der Waals surface area contributed by atoms with Crippen LogP contribution in [0.25, 0.3) is 0 Å². The fourth-order valence-corrected chi connectivity index (χ4v) is 6.88. The molecule has 0 bridgehead atoms. The number of piperazine rings is 1. The van der Waals surface area contributed by atoms with Gasteiger partial charge in [-0.15, -0.1) is 0 Å². The summed E-state index contributed by atoms with van der Waals surface area (Å²) in [6, 6.07) is 21.4. The van der Waals surface area contributed by atoms with Crippen LogP contribution in [0.1, 0.15) is 44.6 Å². The molecule has 0 spiro atoms. The first kappa shape index (κ1) is 29.9. The van der Waals surface area contributed by atoms with Gasteiger partial charge in [-0.3, -0.25) is 0 Å². The molecule has 0 amide bonds. The topological polar surface area (TPSA) is 68.8 Å². The molecule has 3 fully saturated rings. The minimum atomic E-state index is -0.0793. The second kappa shape index (κ2) is 13.7. The predicted octanol–water partition coefficient (Wildman–Crippen LogP) is 5.87. The average molecular weight is 620 g/mol. The third kappa shape index (κ3) is 7.16. The Morgan fingerprint density at radius 1 is 0.930 bits per heavy atom. The molecule has 4 heterocycles. The summed E-state index contributed by atoms with van der Waals surface area (Å²) in [6.07, 6.45) is 5.45. The molecule has 0 radical (unpaired) electrons. The number of hydrogen-bond acceptors (Lipinski definition) is 7. The van der Waals surface area contributed by atoms with E-state index in [1.54, 1.807) is 0 Å². The van der Waals surface area contributed by atoms with Gasteiger partial charge < -0.3 is 30.1 Å². The highest BCUT2D eigenvalue weighted by molar-refractivity contribution is 7.80. The van der Waals surface area contributed by atoms with Crippen molar-refractivity contribution in [2.24, 2.45) is 0 Å². The van der Waals surface area contributed by atoms with E-state index in [9.17, 15) is 0 Å². The molecule has 43 heavy (non-hydrogen) atoms. The van der Waals surface area contributed by atoms with Crippen LogP contribution in [-0.2, 0) is 10.2 Å². The van der Waals surface area contributed by atoms with Crippen molar-refractivity contribution in [3.8, 4) is 0 Å². The molecular formula is C33H42ClN7OS. The lowest BCUT2D eigenvalue weighted by Crippen LogP contribution is -2.47. The van der Waals surface area contributed by atoms with Gasteiger partial charge in [-0.25, -0.2) is 0 Å². The van der Waals surface area contributed by atoms with Crippen LogP contribution in [0.5, 0.6) is 0 Å². The summed E-state index contributed by atoms with van der Waals surface area (Å²) in [6.45, 7) is 9.14. The minimum Gasteiger partial charge on any atom is -0.381 e. The highest BCUT2D eigenvalue weighted by atomic mass is 35.5. The molecule has 1 aromatic heterocycles. The zero-order chi connectivity index (χ0) is 29.6. The highest BCUT2D eigenvalue weighted by Crippen LogP contribution is 2.35. The van der Waals surface area contributed by atoms with Gasteiger partial charge in [0, 0.05) is 80.7 Å². The Labute approximate surface area is 265 Å². The van der Waals surface area contributed by atoms with Crippen molar-refractivity contribution in [3.63, 3.8) is 0 Å². The van der Waals surface area contributed by atoms with Crippen molar-refractivity contribution in [2.45, 2.75) is 50.5 Å². The summed E-state index contributed by atoms with van der Waals surface area (Å²) in [7, 11) is 0. The molecule has 3 saturated heterocycles. The standard InChI is InChI=1S/C33H42ClN7OS/c1-25-7-5-6-16-41(25)30-23-29(40-19-17-39(18-20-40)28-8-3-2-4-9-28)36-31(37-30)38-32(43)35-24-33(14-21-42-22-15-33)26-10-12-27(34)13-11-26/h2-4,8-13,23,25H,5-7,14-22,24H2,1H3,(H2,35,36,37,38,43). The Balaban J connectivity index is 1.18. The molecule has 0 saturated carbocycles. The van der Waals surface area contributed by atoms with Crippen molar-refractivity contribution in [3.05, 3.63) is 71.2 Å². The summed E-state index contributed by atoms with van der Waals surface area (Å²) in [5.41, 5.74) is 2.45. The number of halogens is 1. The van der Waals surface area contributed by atoms with Crippen LogP contribution >= 0.6 is 23.8 Å². The molecule has 2 N–H and O–H groups in total. The number of rotatable bonds is 7. The number of hydrogen-bond donors (Lipinski definition) is 2. The van der Waals surface area contributed by atoms with Crippen molar-refractivity contribution >= 4 is 52.2 Å². The van der Waals surface area contributed by atoms with E-state index < -0.39 is 0 Å². The normalized spacial score (nSPS) is 20.5. The van der Waals surface area contributed by atoms with Gasteiger partial charge in [0.25, 0.3) is 0 Å². The van der Waals surface area contributed by atoms with Gasteiger partial charge in [0.2, 0.25) is 5.95 Å². The second-order valence-electron chi connectivity index (χ2n) is 12.0. The van der Waals surface area contributed by atoms with Crippen LogP contribution in [0, 0.1) is 0 Å². The number of para-hydroxylation sites is 1. The zero-order valence-electron chi connectivity index (χ0n) is 25.0. The minimum absolute atomic E-state index is 0.0793. The third-order valence-corrected chi connectivity index (χ3v) is 9.74. The van der Waals surface area contributed by atoms with Crippen LogP contribution in [0.4, 0.5) is 23.3 Å². The first-order valence-corrected chi connectivity index (χ1v) is 16.4. The van der Waals surface area contributed by atoms with Crippen LogP contribution in [-0.4, -0.2) is 73.6 Å². The molecule has 8 nitrogen and oxygen atoms in total. The van der Waals surface area contributed by atoms with Crippen LogP contribution in [0.3, 0.4) is 0 Å². The monoisotopic (exact) mass is 619 g/mol. The first-order valence-electron chi connectivity index (χ1n) is 15.6. The number of aromatic nitrogens is 2. The van der Waals surface area contributed by atoms with E-state index in [2.05, 4.69) is 80.8 Å². The smallest absolute Gasteiger partial charge is 0.232 e. The van der Waals surface area contributed by atoms with Crippen LogP contribution < -0.4 is 25.3 Å². The zero-order valence-corrected chi connectivity index (χ0v) is 26.5. The maximum atomic E-state index is 6.20. The van der Waals surface area contributed by atoms with E-state index in [0.29, 0.717) is 23.6 Å². The lowest BCUT2D eigenvalue weighted by atomic mass is 9.74. The number of anilines is 4. The van der Waals surface area contributed by atoms with E-state index >= 15 is 0 Å². The Morgan fingerprint density at radius 3 is 2.35 bits per heavy atom. The number of nitrogens with one attached hydrogen (secondary N) is 2. The summed E-state index contributed by atoms with van der Waals surface area (Å²) < 4.78 is 5.72. The van der Waals surface area contributed by atoms with Gasteiger partial charge in [0.15, 0.2) is 5.11 Å². The van der Waals surface area contributed by atoms with Crippen LogP contribution in [0.2, 0.25) is 5.02 Å². The molecule has 3 aliphatic heterocycles. The second-order valence-corrected chi connectivity index (χ2v) is 12.8. The molecule has 2 aromatic carbocycles. The molecular weight excluding hydrogens is 578 g/mol. The average Bonchev–Trinajstić information content (AvgIpc) is 3.05. The van der Waals surface area contributed by atoms with Gasteiger partial charge in [-0.1, -0.05) is 41.9 Å². The Kier molecular flexibility index (Phi) is 9.50. The molecule has 1 atom stereocenters. The number of thiocarbonyl (C=S) groups is 1. The van der Waals surface area contributed by atoms with Gasteiger partial charge >= 0.3 is 0 Å². The molecule has 228 valence electrons. The quantitative estimate of drug-likeness (QED) is 0.316. The van der Waals surface area contributed by atoms with Crippen LogP contribution in [0.15, 0.2) is 60.7 Å². The number of benzene rings is 2. The van der Waals surface area contributed by atoms with E-state index in [0.717, 1.165) is 75.4 Å². The fourth-order valence-electron chi connectivity index (χ4n) is 6.59. The molecule has 3 aliphatic rings. The Hall–Kier alpha value is -3.14.